The number of hydrogen-bond donors (Lipinski definition) is 0. The van der Waals surface area contributed by atoms with E-state index < -0.39 is 0 Å². The summed E-state index contributed by atoms with van der Waals surface area (Å²) in [5.74, 6) is 0. The lowest BCUT2D eigenvalue weighted by Crippen LogP contribution is -2.61. The molecule has 0 aromatic heterocycles. The zero-order chi connectivity index (χ0) is 52.5. The van der Waals surface area contributed by atoms with E-state index in [0.717, 1.165) is 39.7 Å². The first-order valence-electron chi connectivity index (χ1n) is 27.0. The first kappa shape index (κ1) is 48.6. The van der Waals surface area contributed by atoms with Gasteiger partial charge < -0.3 is 14.7 Å². The van der Waals surface area contributed by atoms with Crippen molar-refractivity contribution >= 4 is 74.3 Å². The molecule has 0 N–H and O–H groups in total. The Morgan fingerprint density at radius 2 is 0.684 bits per heavy atom. The smallest absolute Gasteiger partial charge is 0.252 e. The van der Waals surface area contributed by atoms with Gasteiger partial charge in [-0.05, 0) is 150 Å². The molecule has 10 aromatic carbocycles. The van der Waals surface area contributed by atoms with E-state index in [1.807, 2.05) is 0 Å². The number of rotatable bonds is 8. The van der Waals surface area contributed by atoms with Gasteiger partial charge in [-0.3, -0.25) is 0 Å². The van der Waals surface area contributed by atoms with Crippen LogP contribution in [0, 0.1) is 0 Å². The summed E-state index contributed by atoms with van der Waals surface area (Å²) in [6.07, 6.45) is 0. The monoisotopic (exact) mass is 984 g/mol. The minimum absolute atomic E-state index is 0.0559. The third-order valence-corrected chi connectivity index (χ3v) is 15.7. The minimum Gasteiger partial charge on any atom is -0.311 e. The highest BCUT2D eigenvalue weighted by atomic mass is 15.2. The molecule has 0 bridgehead atoms. The third kappa shape index (κ3) is 8.70. The highest BCUT2D eigenvalue weighted by Crippen LogP contribution is 2.52. The van der Waals surface area contributed by atoms with Gasteiger partial charge in [-0.15, -0.1) is 0 Å². The van der Waals surface area contributed by atoms with E-state index in [2.05, 4.69) is 314 Å². The topological polar surface area (TPSA) is 9.72 Å². The van der Waals surface area contributed by atoms with Crippen molar-refractivity contribution < 1.29 is 0 Å². The molecule has 2 heterocycles. The Kier molecular flexibility index (Phi) is 12.0. The van der Waals surface area contributed by atoms with Gasteiger partial charge in [0.25, 0.3) is 6.71 Å². The largest absolute Gasteiger partial charge is 0.311 e. The fourth-order valence-electron chi connectivity index (χ4n) is 11.6. The summed E-state index contributed by atoms with van der Waals surface area (Å²) in [5.41, 5.74) is 24.9. The maximum Gasteiger partial charge on any atom is 0.252 e. The second-order valence-electron chi connectivity index (χ2n) is 23.9. The van der Waals surface area contributed by atoms with Crippen LogP contribution in [0.5, 0.6) is 0 Å². The van der Waals surface area contributed by atoms with Crippen molar-refractivity contribution in [3.8, 4) is 33.4 Å². The predicted molar refractivity (Wildman–Crippen MR) is 328 cm³/mol. The summed E-state index contributed by atoms with van der Waals surface area (Å²) in [6, 6.07) is 88.7. The molecule has 2 aliphatic heterocycles. The van der Waals surface area contributed by atoms with Gasteiger partial charge in [0.1, 0.15) is 0 Å². The molecule has 4 heteroatoms. The van der Waals surface area contributed by atoms with Gasteiger partial charge in [0.15, 0.2) is 0 Å². The van der Waals surface area contributed by atoms with Crippen molar-refractivity contribution in [2.24, 2.45) is 0 Å². The van der Waals surface area contributed by atoms with Gasteiger partial charge in [0, 0.05) is 50.9 Å². The van der Waals surface area contributed by atoms with Crippen LogP contribution in [0.2, 0.25) is 0 Å². The second kappa shape index (κ2) is 18.8. The molecule has 0 saturated carbocycles. The third-order valence-electron chi connectivity index (χ3n) is 15.7. The van der Waals surface area contributed by atoms with Crippen LogP contribution in [0.15, 0.2) is 237 Å². The maximum atomic E-state index is 2.63. The normalized spacial score (nSPS) is 13.0. The van der Waals surface area contributed by atoms with Gasteiger partial charge in [0.2, 0.25) is 0 Å². The highest BCUT2D eigenvalue weighted by molar-refractivity contribution is 7.00. The van der Waals surface area contributed by atoms with Crippen LogP contribution < -0.4 is 31.1 Å². The van der Waals surface area contributed by atoms with E-state index in [9.17, 15) is 0 Å². The van der Waals surface area contributed by atoms with Crippen LogP contribution in [-0.2, 0) is 16.2 Å². The zero-order valence-corrected chi connectivity index (χ0v) is 45.4. The van der Waals surface area contributed by atoms with Crippen LogP contribution in [-0.4, -0.2) is 6.71 Å². The van der Waals surface area contributed by atoms with Crippen LogP contribution >= 0.6 is 0 Å². The molecule has 0 fully saturated rings. The number of hydrogen-bond acceptors (Lipinski definition) is 3. The zero-order valence-electron chi connectivity index (χ0n) is 45.4. The Balaban J connectivity index is 1.24. The number of fused-ring (bicyclic) bond motifs is 4. The predicted octanol–water partition coefficient (Wildman–Crippen LogP) is 18.1. The van der Waals surface area contributed by atoms with E-state index in [1.165, 1.54) is 78.0 Å². The van der Waals surface area contributed by atoms with Gasteiger partial charge in [-0.1, -0.05) is 220 Å². The summed E-state index contributed by atoms with van der Waals surface area (Å²) in [6.45, 7) is 20.8. The van der Waals surface area contributed by atoms with E-state index in [1.54, 1.807) is 0 Å². The Hall–Kier alpha value is -8.34. The van der Waals surface area contributed by atoms with E-state index in [0.29, 0.717) is 0 Å². The summed E-state index contributed by atoms with van der Waals surface area (Å²) in [5, 5.41) is 0. The summed E-state index contributed by atoms with van der Waals surface area (Å²) in [4.78, 5) is 7.64. The summed E-state index contributed by atoms with van der Waals surface area (Å²) < 4.78 is 0. The number of nitrogens with zero attached hydrogens (tertiary/aromatic N) is 3. The molecule has 0 saturated heterocycles. The second-order valence-corrected chi connectivity index (χ2v) is 23.9. The molecular weight excluding hydrogens is 918 g/mol. The Bertz CT molecular complexity index is 3720. The van der Waals surface area contributed by atoms with Gasteiger partial charge in [0.05, 0.1) is 11.4 Å². The Morgan fingerprint density at radius 1 is 0.289 bits per heavy atom. The number of anilines is 9. The van der Waals surface area contributed by atoms with Crippen molar-refractivity contribution in [1.29, 1.82) is 0 Å². The number of para-hydroxylation sites is 2. The van der Waals surface area contributed by atoms with E-state index in [-0.39, 0.29) is 23.0 Å². The summed E-state index contributed by atoms with van der Waals surface area (Å²) in [7, 11) is 0. The molecule has 0 radical (unpaired) electrons. The molecule has 0 atom stereocenters. The average molecular weight is 984 g/mol. The molecule has 0 amide bonds. The van der Waals surface area contributed by atoms with Gasteiger partial charge >= 0.3 is 0 Å². The van der Waals surface area contributed by atoms with E-state index >= 15 is 0 Å². The fraction of sp³-hybridized carbons (Fsp3) is 0.167. The molecule has 76 heavy (non-hydrogen) atoms. The summed E-state index contributed by atoms with van der Waals surface area (Å²) >= 11 is 0. The van der Waals surface area contributed by atoms with Gasteiger partial charge in [-0.25, -0.2) is 0 Å². The van der Waals surface area contributed by atoms with Crippen LogP contribution in [0.3, 0.4) is 0 Å². The van der Waals surface area contributed by atoms with Gasteiger partial charge in [-0.2, -0.15) is 0 Å². The van der Waals surface area contributed by atoms with Crippen molar-refractivity contribution in [3.63, 3.8) is 0 Å². The van der Waals surface area contributed by atoms with Crippen LogP contribution in [0.25, 0.3) is 33.4 Å². The quantitative estimate of drug-likeness (QED) is 0.141. The van der Waals surface area contributed by atoms with Crippen LogP contribution in [0.4, 0.5) is 51.2 Å². The maximum absolute atomic E-state index is 2.63. The molecule has 2 aliphatic rings. The molecule has 12 rings (SSSR count). The molecule has 0 spiro atoms. The van der Waals surface area contributed by atoms with Crippen molar-refractivity contribution in [3.05, 3.63) is 253 Å². The van der Waals surface area contributed by atoms with Crippen molar-refractivity contribution in [2.75, 3.05) is 14.7 Å². The average Bonchev–Trinajstić information content (AvgIpc) is 3.52. The van der Waals surface area contributed by atoms with Crippen molar-refractivity contribution in [1.82, 2.24) is 0 Å². The molecular formula is C72H66BN3. The van der Waals surface area contributed by atoms with E-state index in [4.69, 9.17) is 0 Å². The number of benzene rings is 10. The minimum atomic E-state index is -0.103. The molecule has 0 unspecified atom stereocenters. The molecule has 372 valence electrons. The van der Waals surface area contributed by atoms with Crippen molar-refractivity contribution in [2.45, 2.75) is 78.6 Å². The first-order valence-corrected chi connectivity index (χ1v) is 27.0. The highest BCUT2D eigenvalue weighted by Gasteiger charge is 2.45. The van der Waals surface area contributed by atoms with Crippen LogP contribution in [0.1, 0.15) is 79.0 Å². The first-order chi connectivity index (χ1) is 36.6. The molecule has 3 nitrogen and oxygen atoms in total. The fourth-order valence-corrected chi connectivity index (χ4v) is 11.6. The SMILES string of the molecule is CC(C)(C)c1ccc2c(c1)B1c3ccc(N(c4ccccc4)c4ccccc4)cc3N(c3ccc(C(C)(C)C)cc3-c3ccccc3)c3cc(-c4ccccc4)cc(c31)N2c1ccc(C(C)(C)C)cc1-c1ccccc1. The standard InChI is InChI=1S/C72H66BN3/c1-70(2,3)53-35-40-63(59(45-53)50-27-17-11-18-28-50)75-65-42-37-55(72(7,8)9)47-62(65)73-61-39-38-58(74(56-31-21-13-22-32-56)57-33-23-14-24-34-57)48-66(61)76(68-44-52(43-67(75)69(68)73)49-25-15-10-16-26-49)64-41-36-54(71(4,5)6)46-60(64)51-29-19-12-20-30-51/h10-48H,1-9H3. The molecule has 0 aliphatic carbocycles. The lowest BCUT2D eigenvalue weighted by atomic mass is 9.33. The molecule has 10 aromatic rings. The Labute approximate surface area is 451 Å². The lowest BCUT2D eigenvalue weighted by molar-refractivity contribution is 0.590. The Morgan fingerprint density at radius 3 is 1.13 bits per heavy atom. The lowest BCUT2D eigenvalue weighted by Gasteiger charge is -2.46.